The number of carbonyl (C=O) groups is 2. The van der Waals surface area contributed by atoms with Gasteiger partial charge in [-0.1, -0.05) is 23.8 Å². The highest BCUT2D eigenvalue weighted by Crippen LogP contribution is 2.30. The highest BCUT2D eigenvalue weighted by molar-refractivity contribution is 6.12. The number of cyclic esters (lactones) is 1. The van der Waals surface area contributed by atoms with Crippen LogP contribution in [0.5, 0.6) is 11.5 Å². The number of hydrogen-bond donors (Lipinski definition) is 0. The van der Waals surface area contributed by atoms with Gasteiger partial charge in [0.15, 0.2) is 17.2 Å². The highest BCUT2D eigenvalue weighted by atomic mass is 16.6. The molecular formula is C24H18N2O5. The van der Waals surface area contributed by atoms with Gasteiger partial charge in [0.25, 0.3) is 0 Å². The number of rotatable bonds is 5. The minimum absolute atomic E-state index is 0.165. The topological polar surface area (TPSA) is 87.1 Å². The van der Waals surface area contributed by atoms with Crippen molar-refractivity contribution in [1.29, 1.82) is 0 Å². The molecule has 4 rings (SSSR count). The van der Waals surface area contributed by atoms with E-state index in [0.717, 1.165) is 11.1 Å². The highest BCUT2D eigenvalue weighted by Gasteiger charge is 2.24. The molecule has 1 aliphatic rings. The SMILES string of the molecule is COc1cc(/C=C2\N=C(c3cccc(C)c3)OC2=O)ccc1OC(=O)c1cccnc1. The molecule has 0 atom stereocenters. The minimum Gasteiger partial charge on any atom is -0.493 e. The normalized spacial score (nSPS) is 14.2. The van der Waals surface area contributed by atoms with E-state index in [1.807, 2.05) is 31.2 Å². The lowest BCUT2D eigenvalue weighted by atomic mass is 10.1. The lowest BCUT2D eigenvalue weighted by Gasteiger charge is -2.10. The third-order valence-electron chi connectivity index (χ3n) is 4.48. The molecule has 7 heteroatoms. The Balaban J connectivity index is 1.58. The van der Waals surface area contributed by atoms with Crippen molar-refractivity contribution in [3.8, 4) is 11.5 Å². The number of esters is 2. The molecule has 31 heavy (non-hydrogen) atoms. The molecule has 0 fully saturated rings. The first-order chi connectivity index (χ1) is 15.0. The number of aryl methyl sites for hydroxylation is 1. The fourth-order valence-electron chi connectivity index (χ4n) is 2.97. The van der Waals surface area contributed by atoms with E-state index in [4.69, 9.17) is 14.2 Å². The molecule has 1 aliphatic heterocycles. The molecule has 0 unspecified atom stereocenters. The van der Waals surface area contributed by atoms with Crippen LogP contribution in [0.15, 0.2) is 77.7 Å². The Hall–Kier alpha value is -4.26. The maximum Gasteiger partial charge on any atom is 0.363 e. The van der Waals surface area contributed by atoms with Gasteiger partial charge in [-0.25, -0.2) is 14.6 Å². The van der Waals surface area contributed by atoms with Gasteiger partial charge in [0.2, 0.25) is 5.90 Å². The van der Waals surface area contributed by atoms with Crippen LogP contribution in [-0.4, -0.2) is 29.9 Å². The Bertz CT molecular complexity index is 1220. The number of nitrogens with zero attached hydrogens (tertiary/aromatic N) is 2. The lowest BCUT2D eigenvalue weighted by Crippen LogP contribution is -2.09. The average Bonchev–Trinajstić information content (AvgIpc) is 3.15. The first-order valence-corrected chi connectivity index (χ1v) is 9.43. The van der Waals surface area contributed by atoms with Gasteiger partial charge in [0.05, 0.1) is 12.7 Å². The zero-order chi connectivity index (χ0) is 21.8. The van der Waals surface area contributed by atoms with Crippen LogP contribution >= 0.6 is 0 Å². The molecule has 0 spiro atoms. The summed E-state index contributed by atoms with van der Waals surface area (Å²) in [7, 11) is 1.46. The van der Waals surface area contributed by atoms with Crippen molar-refractivity contribution in [3.05, 3.63) is 94.9 Å². The molecule has 0 amide bonds. The predicted molar refractivity (Wildman–Crippen MR) is 114 cm³/mol. The van der Waals surface area contributed by atoms with Crippen LogP contribution in [0.4, 0.5) is 0 Å². The van der Waals surface area contributed by atoms with E-state index in [0.29, 0.717) is 16.9 Å². The van der Waals surface area contributed by atoms with Crippen molar-refractivity contribution in [2.45, 2.75) is 6.92 Å². The van der Waals surface area contributed by atoms with E-state index < -0.39 is 11.9 Å². The maximum atomic E-state index is 12.3. The summed E-state index contributed by atoms with van der Waals surface area (Å²) in [6.07, 6.45) is 4.57. The van der Waals surface area contributed by atoms with E-state index in [9.17, 15) is 9.59 Å². The first-order valence-electron chi connectivity index (χ1n) is 9.43. The fraction of sp³-hybridized carbons (Fsp3) is 0.0833. The number of methoxy groups -OCH3 is 1. The number of benzene rings is 2. The van der Waals surface area contributed by atoms with Crippen LogP contribution in [0.2, 0.25) is 0 Å². The molecule has 0 aliphatic carbocycles. The van der Waals surface area contributed by atoms with Crippen LogP contribution in [0.25, 0.3) is 6.08 Å². The van der Waals surface area contributed by atoms with E-state index in [2.05, 4.69) is 9.98 Å². The largest absolute Gasteiger partial charge is 0.493 e. The summed E-state index contributed by atoms with van der Waals surface area (Å²) >= 11 is 0. The maximum absolute atomic E-state index is 12.3. The Labute approximate surface area is 178 Å². The molecule has 0 radical (unpaired) electrons. The summed E-state index contributed by atoms with van der Waals surface area (Å²) in [5.74, 6) is -0.252. The van der Waals surface area contributed by atoms with Crippen LogP contribution in [0.3, 0.4) is 0 Å². The molecule has 2 heterocycles. The van der Waals surface area contributed by atoms with Crippen molar-refractivity contribution >= 4 is 23.9 Å². The number of carbonyl (C=O) groups excluding carboxylic acids is 2. The van der Waals surface area contributed by atoms with Crippen LogP contribution in [0.1, 0.15) is 27.0 Å². The molecule has 3 aromatic rings. The standard InChI is InChI=1S/C24H18N2O5/c1-15-5-3-6-17(11-15)22-26-19(24(28)31-22)12-16-8-9-20(21(13-16)29-2)30-23(27)18-7-4-10-25-14-18/h3-14H,1-2H3/b19-12-. The zero-order valence-corrected chi connectivity index (χ0v) is 16.9. The smallest absolute Gasteiger partial charge is 0.363 e. The van der Waals surface area contributed by atoms with E-state index >= 15 is 0 Å². The minimum atomic E-state index is -0.552. The molecule has 0 N–H and O–H groups in total. The molecular weight excluding hydrogens is 396 g/mol. The van der Waals surface area contributed by atoms with Gasteiger partial charge < -0.3 is 14.2 Å². The van der Waals surface area contributed by atoms with Crippen LogP contribution < -0.4 is 9.47 Å². The Morgan fingerprint density at radius 1 is 1.06 bits per heavy atom. The second-order valence-electron chi connectivity index (χ2n) is 6.75. The van der Waals surface area contributed by atoms with Gasteiger partial charge >= 0.3 is 11.9 Å². The molecule has 2 aromatic carbocycles. The lowest BCUT2D eigenvalue weighted by molar-refractivity contribution is -0.129. The molecule has 1 aromatic heterocycles. The van der Waals surface area contributed by atoms with E-state index in [1.54, 1.807) is 42.6 Å². The van der Waals surface area contributed by atoms with Crippen molar-refractivity contribution in [1.82, 2.24) is 4.98 Å². The summed E-state index contributed by atoms with van der Waals surface area (Å²) in [6, 6.07) is 15.7. The van der Waals surface area contributed by atoms with Gasteiger partial charge in [-0.15, -0.1) is 0 Å². The summed E-state index contributed by atoms with van der Waals surface area (Å²) in [5, 5.41) is 0. The van der Waals surface area contributed by atoms with Crippen molar-refractivity contribution in [3.63, 3.8) is 0 Å². The average molecular weight is 414 g/mol. The van der Waals surface area contributed by atoms with Gasteiger partial charge in [-0.05, 0) is 55.0 Å². The number of aliphatic imine (C=N–C) groups is 1. The van der Waals surface area contributed by atoms with Gasteiger partial charge in [-0.2, -0.15) is 0 Å². The summed E-state index contributed by atoms with van der Waals surface area (Å²) < 4.78 is 16.1. The number of ether oxygens (including phenoxy) is 3. The van der Waals surface area contributed by atoms with Crippen molar-refractivity contribution < 1.29 is 23.8 Å². The monoisotopic (exact) mass is 414 g/mol. The summed E-state index contributed by atoms with van der Waals surface area (Å²) in [5.41, 5.74) is 2.89. The second kappa shape index (κ2) is 8.62. The molecule has 7 nitrogen and oxygen atoms in total. The molecule has 0 saturated heterocycles. The quantitative estimate of drug-likeness (QED) is 0.357. The van der Waals surface area contributed by atoms with Gasteiger partial charge in [0, 0.05) is 18.0 Å². The predicted octanol–water partition coefficient (Wildman–Crippen LogP) is 3.96. The summed E-state index contributed by atoms with van der Waals surface area (Å²) in [4.78, 5) is 32.8. The number of hydrogen-bond acceptors (Lipinski definition) is 7. The first kappa shape index (κ1) is 20.0. The van der Waals surface area contributed by atoms with Crippen molar-refractivity contribution in [2.75, 3.05) is 7.11 Å². The van der Waals surface area contributed by atoms with Gasteiger partial charge in [0.1, 0.15) is 0 Å². The number of pyridine rings is 1. The molecule has 154 valence electrons. The third kappa shape index (κ3) is 4.51. The third-order valence-corrected chi connectivity index (χ3v) is 4.48. The fourth-order valence-corrected chi connectivity index (χ4v) is 2.97. The zero-order valence-electron chi connectivity index (χ0n) is 16.9. The van der Waals surface area contributed by atoms with Gasteiger partial charge in [-0.3, -0.25) is 4.98 Å². The van der Waals surface area contributed by atoms with Crippen LogP contribution in [0, 0.1) is 6.92 Å². The molecule has 0 saturated carbocycles. The Kier molecular flexibility index (Phi) is 5.57. The van der Waals surface area contributed by atoms with E-state index in [-0.39, 0.29) is 17.3 Å². The Morgan fingerprint density at radius 3 is 2.68 bits per heavy atom. The summed E-state index contributed by atoms with van der Waals surface area (Å²) in [6.45, 7) is 1.95. The second-order valence-corrected chi connectivity index (χ2v) is 6.75. The molecule has 0 bridgehead atoms. The van der Waals surface area contributed by atoms with Crippen molar-refractivity contribution in [2.24, 2.45) is 4.99 Å². The van der Waals surface area contributed by atoms with E-state index in [1.165, 1.54) is 13.3 Å². The van der Waals surface area contributed by atoms with Crippen LogP contribution in [-0.2, 0) is 9.53 Å². The Morgan fingerprint density at radius 2 is 1.94 bits per heavy atom. The number of aromatic nitrogens is 1.